The van der Waals surface area contributed by atoms with E-state index in [2.05, 4.69) is 20.3 Å². The highest BCUT2D eigenvalue weighted by molar-refractivity contribution is 5.99. The Labute approximate surface area is 136 Å². The Morgan fingerprint density at radius 3 is 2.67 bits per heavy atom. The molecule has 0 aromatic carbocycles. The van der Waals surface area contributed by atoms with Crippen LogP contribution in [0.3, 0.4) is 0 Å². The molecule has 24 heavy (non-hydrogen) atoms. The standard InChI is InChI=1S/C13H16N6O5/c1-4-17-6-9(12(16-17)13(21)24-3)14-11(20)7-18-8(2)5-10(15-18)19(22)23/h5-6H,4,7H2,1-3H3,(H,14,20). The lowest BCUT2D eigenvalue weighted by atomic mass is 10.3. The van der Waals surface area contributed by atoms with Gasteiger partial charge in [0.1, 0.15) is 6.54 Å². The third-order valence-corrected chi connectivity index (χ3v) is 3.19. The third kappa shape index (κ3) is 3.56. The number of methoxy groups -OCH3 is 1. The van der Waals surface area contributed by atoms with Crippen molar-refractivity contribution in [1.82, 2.24) is 19.6 Å². The Balaban J connectivity index is 2.16. The molecule has 0 saturated carbocycles. The van der Waals surface area contributed by atoms with Crippen molar-refractivity contribution in [2.75, 3.05) is 12.4 Å². The number of hydrogen-bond donors (Lipinski definition) is 1. The molecule has 2 aromatic heterocycles. The summed E-state index contributed by atoms with van der Waals surface area (Å²) in [6, 6.07) is 1.27. The van der Waals surface area contributed by atoms with E-state index in [1.807, 2.05) is 6.92 Å². The SMILES string of the molecule is CCn1cc(NC(=O)Cn2nc([N+](=O)[O-])cc2C)c(C(=O)OC)n1. The second-order valence-corrected chi connectivity index (χ2v) is 4.85. The third-order valence-electron chi connectivity index (χ3n) is 3.19. The molecule has 11 nitrogen and oxygen atoms in total. The van der Waals surface area contributed by atoms with E-state index in [4.69, 9.17) is 0 Å². The highest BCUT2D eigenvalue weighted by Gasteiger charge is 2.21. The number of esters is 1. The van der Waals surface area contributed by atoms with E-state index >= 15 is 0 Å². The largest absolute Gasteiger partial charge is 0.464 e. The summed E-state index contributed by atoms with van der Waals surface area (Å²) in [5.74, 6) is -1.52. The zero-order valence-corrected chi connectivity index (χ0v) is 13.3. The maximum Gasteiger partial charge on any atom is 0.390 e. The Bertz CT molecular complexity index is 793. The smallest absolute Gasteiger partial charge is 0.390 e. The van der Waals surface area contributed by atoms with Gasteiger partial charge >= 0.3 is 11.8 Å². The van der Waals surface area contributed by atoms with E-state index in [9.17, 15) is 19.7 Å². The van der Waals surface area contributed by atoms with Crippen molar-refractivity contribution < 1.29 is 19.2 Å². The lowest BCUT2D eigenvalue weighted by Gasteiger charge is -2.04. The fraction of sp³-hybridized carbons (Fsp3) is 0.385. The van der Waals surface area contributed by atoms with Crippen molar-refractivity contribution in [3.05, 3.63) is 33.8 Å². The zero-order chi connectivity index (χ0) is 17.9. The molecule has 0 fully saturated rings. The fourth-order valence-electron chi connectivity index (χ4n) is 1.99. The Kier molecular flexibility index (Phi) is 4.92. The number of anilines is 1. The molecule has 0 aliphatic carbocycles. The molecule has 128 valence electrons. The minimum atomic E-state index is -0.677. The van der Waals surface area contributed by atoms with E-state index in [-0.39, 0.29) is 23.7 Å². The highest BCUT2D eigenvalue weighted by atomic mass is 16.6. The van der Waals surface area contributed by atoms with Gasteiger partial charge in [-0.15, -0.1) is 0 Å². The summed E-state index contributed by atoms with van der Waals surface area (Å²) >= 11 is 0. The van der Waals surface area contributed by atoms with E-state index in [0.717, 1.165) is 0 Å². The van der Waals surface area contributed by atoms with Gasteiger partial charge < -0.3 is 20.2 Å². The van der Waals surface area contributed by atoms with E-state index < -0.39 is 16.8 Å². The molecule has 1 amide bonds. The normalized spacial score (nSPS) is 10.5. The van der Waals surface area contributed by atoms with Gasteiger partial charge in [0.25, 0.3) is 0 Å². The maximum atomic E-state index is 12.1. The number of carbonyl (C=O) groups is 2. The molecule has 0 bridgehead atoms. The Morgan fingerprint density at radius 1 is 1.42 bits per heavy atom. The van der Waals surface area contributed by atoms with Crippen LogP contribution in [0.4, 0.5) is 11.5 Å². The van der Waals surface area contributed by atoms with Gasteiger partial charge in [-0.25, -0.2) is 4.79 Å². The molecular weight excluding hydrogens is 320 g/mol. The van der Waals surface area contributed by atoms with E-state index in [0.29, 0.717) is 12.2 Å². The van der Waals surface area contributed by atoms with Gasteiger partial charge in [-0.05, 0) is 18.8 Å². The molecule has 0 saturated heterocycles. The molecule has 0 radical (unpaired) electrons. The average Bonchev–Trinajstić information content (AvgIpc) is 3.10. The first-order valence-corrected chi connectivity index (χ1v) is 7.00. The first-order chi connectivity index (χ1) is 11.3. The first kappa shape index (κ1) is 17.1. The minimum absolute atomic E-state index is 0.0177. The lowest BCUT2D eigenvalue weighted by molar-refractivity contribution is -0.389. The summed E-state index contributed by atoms with van der Waals surface area (Å²) < 4.78 is 7.31. The second-order valence-electron chi connectivity index (χ2n) is 4.85. The topological polar surface area (TPSA) is 134 Å². The number of hydrogen-bond acceptors (Lipinski definition) is 7. The molecule has 0 unspecified atom stereocenters. The van der Waals surface area contributed by atoms with Crippen LogP contribution in [0.2, 0.25) is 0 Å². The number of nitrogens with one attached hydrogen (secondary N) is 1. The summed E-state index contributed by atoms with van der Waals surface area (Å²) in [6.45, 7) is 3.69. The number of rotatable bonds is 6. The van der Waals surface area contributed by atoms with Crippen LogP contribution in [-0.4, -0.2) is 43.5 Å². The molecule has 2 aromatic rings. The van der Waals surface area contributed by atoms with Crippen LogP contribution < -0.4 is 5.32 Å². The predicted octanol–water partition coefficient (Wildman–Crippen LogP) is 0.741. The van der Waals surface area contributed by atoms with Gasteiger partial charge in [-0.3, -0.25) is 9.48 Å². The Hall–Kier alpha value is -3.24. The van der Waals surface area contributed by atoms with Crippen LogP contribution in [-0.2, 0) is 22.6 Å². The molecule has 1 N–H and O–H groups in total. The fourth-order valence-corrected chi connectivity index (χ4v) is 1.99. The van der Waals surface area contributed by atoms with Crippen molar-refractivity contribution in [1.29, 1.82) is 0 Å². The van der Waals surface area contributed by atoms with Gasteiger partial charge in [0.2, 0.25) is 5.91 Å². The predicted molar refractivity (Wildman–Crippen MR) is 81.5 cm³/mol. The molecule has 0 atom stereocenters. The van der Waals surface area contributed by atoms with Gasteiger partial charge in [0.05, 0.1) is 29.7 Å². The molecule has 2 heterocycles. The Morgan fingerprint density at radius 2 is 2.12 bits per heavy atom. The zero-order valence-electron chi connectivity index (χ0n) is 13.3. The van der Waals surface area contributed by atoms with Crippen molar-refractivity contribution in [2.45, 2.75) is 26.9 Å². The number of nitro groups is 1. The summed E-state index contributed by atoms with van der Waals surface area (Å²) in [6.07, 6.45) is 1.50. The van der Waals surface area contributed by atoms with Crippen molar-refractivity contribution >= 4 is 23.4 Å². The van der Waals surface area contributed by atoms with Gasteiger partial charge in [-0.1, -0.05) is 0 Å². The van der Waals surface area contributed by atoms with Gasteiger partial charge in [-0.2, -0.15) is 9.78 Å². The number of carbonyl (C=O) groups excluding carboxylic acids is 2. The molecule has 11 heteroatoms. The van der Waals surface area contributed by atoms with Crippen molar-refractivity contribution in [3.8, 4) is 0 Å². The van der Waals surface area contributed by atoms with Crippen LogP contribution in [0, 0.1) is 17.0 Å². The van der Waals surface area contributed by atoms with Crippen LogP contribution in [0.1, 0.15) is 23.1 Å². The molecule has 0 aliphatic rings. The van der Waals surface area contributed by atoms with E-state index in [1.54, 1.807) is 6.92 Å². The monoisotopic (exact) mass is 336 g/mol. The number of nitrogens with zero attached hydrogens (tertiary/aromatic N) is 5. The number of aryl methyl sites for hydroxylation is 2. The number of aromatic nitrogens is 4. The average molecular weight is 336 g/mol. The van der Waals surface area contributed by atoms with E-state index in [1.165, 1.54) is 28.7 Å². The minimum Gasteiger partial charge on any atom is -0.464 e. The lowest BCUT2D eigenvalue weighted by Crippen LogP contribution is -2.21. The van der Waals surface area contributed by atoms with Crippen molar-refractivity contribution in [3.63, 3.8) is 0 Å². The van der Waals surface area contributed by atoms with Crippen LogP contribution in [0.15, 0.2) is 12.3 Å². The number of ether oxygens (including phenoxy) is 1. The molecule has 0 aliphatic heterocycles. The van der Waals surface area contributed by atoms with Crippen LogP contribution in [0.5, 0.6) is 0 Å². The summed E-state index contributed by atoms with van der Waals surface area (Å²) in [4.78, 5) is 33.9. The van der Waals surface area contributed by atoms with Crippen LogP contribution in [0.25, 0.3) is 0 Å². The number of amides is 1. The summed E-state index contributed by atoms with van der Waals surface area (Å²) in [5.41, 5.74) is 0.651. The summed E-state index contributed by atoms with van der Waals surface area (Å²) in [5, 5.41) is 21.0. The van der Waals surface area contributed by atoms with Gasteiger partial charge in [0.15, 0.2) is 5.69 Å². The maximum absolute atomic E-state index is 12.1. The molecule has 0 spiro atoms. The quantitative estimate of drug-likeness (QED) is 0.467. The molecular formula is C13H16N6O5. The van der Waals surface area contributed by atoms with Gasteiger partial charge in [0, 0.05) is 12.7 Å². The highest BCUT2D eigenvalue weighted by Crippen LogP contribution is 2.16. The second kappa shape index (κ2) is 6.89. The molecule has 2 rings (SSSR count). The van der Waals surface area contributed by atoms with Crippen LogP contribution >= 0.6 is 0 Å². The first-order valence-electron chi connectivity index (χ1n) is 7.00. The summed E-state index contributed by atoms with van der Waals surface area (Å²) in [7, 11) is 1.21. The van der Waals surface area contributed by atoms with Crippen molar-refractivity contribution in [2.24, 2.45) is 0 Å².